The molecule has 33 heavy (non-hydrogen) atoms. The van der Waals surface area contributed by atoms with Crippen LogP contribution in [0.25, 0.3) is 0 Å². The van der Waals surface area contributed by atoms with Gasteiger partial charge in [0.1, 0.15) is 0 Å². The number of ether oxygens (including phenoxy) is 3. The number of rotatable bonds is 10. The van der Waals surface area contributed by atoms with Crippen LogP contribution >= 0.6 is 0 Å². The van der Waals surface area contributed by atoms with Crippen LogP contribution in [0.5, 0.6) is 11.5 Å². The Bertz CT molecular complexity index is 1030. The molecule has 2 aromatic rings. The van der Waals surface area contributed by atoms with Gasteiger partial charge in [-0.3, -0.25) is 9.69 Å². The fraction of sp³-hybridized carbons (Fsp3) is 0.458. The van der Waals surface area contributed by atoms with Crippen LogP contribution in [0, 0.1) is 0 Å². The summed E-state index contributed by atoms with van der Waals surface area (Å²) >= 11 is 0. The Morgan fingerprint density at radius 3 is 2.42 bits per heavy atom. The lowest BCUT2D eigenvalue weighted by atomic mass is 10.0. The van der Waals surface area contributed by atoms with E-state index in [1.54, 1.807) is 31.4 Å². The van der Waals surface area contributed by atoms with Crippen molar-refractivity contribution in [2.75, 3.05) is 52.8 Å². The van der Waals surface area contributed by atoms with Gasteiger partial charge in [0.2, 0.25) is 0 Å². The Morgan fingerprint density at radius 2 is 1.82 bits per heavy atom. The van der Waals surface area contributed by atoms with E-state index in [9.17, 15) is 13.2 Å². The van der Waals surface area contributed by atoms with Crippen molar-refractivity contribution in [2.45, 2.75) is 18.7 Å². The predicted molar refractivity (Wildman–Crippen MR) is 127 cm³/mol. The van der Waals surface area contributed by atoms with Crippen molar-refractivity contribution in [3.05, 3.63) is 59.2 Å². The zero-order valence-electron chi connectivity index (χ0n) is 19.4. The lowest BCUT2D eigenvalue weighted by molar-refractivity contribution is 0.0162. The molecular weight excluding hydrogens is 444 g/mol. The quantitative estimate of drug-likeness (QED) is 0.563. The number of methoxy groups -OCH3 is 1. The van der Waals surface area contributed by atoms with Crippen molar-refractivity contribution in [3.63, 3.8) is 0 Å². The number of hydrogen-bond donors (Lipinski definition) is 1. The van der Waals surface area contributed by atoms with Crippen LogP contribution in [0.1, 0.15) is 34.5 Å². The number of nitrogens with zero attached hydrogens (tertiary/aromatic N) is 1. The van der Waals surface area contributed by atoms with Gasteiger partial charge in [0.25, 0.3) is 5.91 Å². The zero-order chi connectivity index (χ0) is 23.8. The molecular formula is C24H32N2O6S. The molecule has 180 valence electrons. The van der Waals surface area contributed by atoms with Gasteiger partial charge in [-0.05, 0) is 42.3 Å². The summed E-state index contributed by atoms with van der Waals surface area (Å²) in [6.07, 6.45) is 1.19. The Morgan fingerprint density at radius 1 is 1.12 bits per heavy atom. The molecule has 8 nitrogen and oxygen atoms in total. The Balaban J connectivity index is 1.75. The first-order valence-electron chi connectivity index (χ1n) is 11.0. The zero-order valence-corrected chi connectivity index (χ0v) is 20.2. The summed E-state index contributed by atoms with van der Waals surface area (Å²) in [5, 5.41) is 3.03. The van der Waals surface area contributed by atoms with Crippen LogP contribution in [0.15, 0.2) is 42.5 Å². The van der Waals surface area contributed by atoms with Crippen LogP contribution in [-0.2, 0) is 20.3 Å². The normalized spacial score (nSPS) is 15.6. The van der Waals surface area contributed by atoms with E-state index in [4.69, 9.17) is 14.2 Å². The van der Waals surface area contributed by atoms with Crippen LogP contribution in [0.2, 0.25) is 0 Å². The molecule has 1 atom stereocenters. The van der Waals surface area contributed by atoms with Crippen LogP contribution in [-0.4, -0.2) is 72.0 Å². The van der Waals surface area contributed by atoms with Crippen molar-refractivity contribution in [1.29, 1.82) is 0 Å². The van der Waals surface area contributed by atoms with Gasteiger partial charge in [0.05, 0.1) is 38.7 Å². The van der Waals surface area contributed by atoms with Gasteiger partial charge in [0, 0.05) is 31.5 Å². The molecule has 3 rings (SSSR count). The molecule has 2 aromatic carbocycles. The van der Waals surface area contributed by atoms with Gasteiger partial charge < -0.3 is 19.5 Å². The molecule has 1 aliphatic heterocycles. The summed E-state index contributed by atoms with van der Waals surface area (Å²) in [4.78, 5) is 15.1. The molecule has 0 radical (unpaired) electrons. The highest BCUT2D eigenvalue weighted by Gasteiger charge is 2.24. The van der Waals surface area contributed by atoms with Crippen LogP contribution in [0.4, 0.5) is 0 Å². The van der Waals surface area contributed by atoms with Crippen LogP contribution in [0.3, 0.4) is 0 Å². The van der Waals surface area contributed by atoms with Crippen molar-refractivity contribution in [3.8, 4) is 11.5 Å². The van der Waals surface area contributed by atoms with E-state index >= 15 is 0 Å². The molecule has 1 fully saturated rings. The minimum absolute atomic E-state index is 0.0480. The molecule has 1 amide bonds. The molecule has 0 aromatic heterocycles. The van der Waals surface area contributed by atoms with Crippen molar-refractivity contribution < 1.29 is 27.4 Å². The number of carbonyl (C=O) groups excluding carboxylic acids is 1. The van der Waals surface area contributed by atoms with E-state index in [2.05, 4.69) is 10.2 Å². The number of benzene rings is 2. The molecule has 0 bridgehead atoms. The van der Waals surface area contributed by atoms with E-state index in [1.165, 1.54) is 6.26 Å². The SMILES string of the molecule is CCOc1ccc(C(CNC(=O)c2ccc(CS(C)(=O)=O)cc2)N2CCOCC2)cc1OC. The average molecular weight is 477 g/mol. The maximum atomic E-state index is 12.8. The predicted octanol–water partition coefficient (Wildman–Crippen LogP) is 2.44. The van der Waals surface area contributed by atoms with Crippen molar-refractivity contribution in [1.82, 2.24) is 10.2 Å². The van der Waals surface area contributed by atoms with E-state index in [1.807, 2.05) is 25.1 Å². The minimum Gasteiger partial charge on any atom is -0.493 e. The minimum atomic E-state index is -3.12. The number of nitrogens with one attached hydrogen (secondary N) is 1. The maximum absolute atomic E-state index is 12.8. The third kappa shape index (κ3) is 7.18. The molecule has 1 saturated heterocycles. The topological polar surface area (TPSA) is 94.2 Å². The number of carbonyl (C=O) groups is 1. The standard InChI is InChI=1S/C24H32N2O6S/c1-4-32-22-10-9-20(15-23(22)30-2)21(26-11-13-31-14-12-26)16-25-24(27)19-7-5-18(6-8-19)17-33(3,28)29/h5-10,15,21H,4,11-14,16-17H2,1-3H3,(H,25,27). The number of morpholine rings is 1. The third-order valence-corrected chi connectivity index (χ3v) is 6.32. The van der Waals surface area contributed by atoms with Gasteiger partial charge in [-0.2, -0.15) is 0 Å². The van der Waals surface area contributed by atoms with E-state index < -0.39 is 9.84 Å². The smallest absolute Gasteiger partial charge is 0.251 e. The van der Waals surface area contributed by atoms with E-state index in [-0.39, 0.29) is 17.7 Å². The van der Waals surface area contributed by atoms with Gasteiger partial charge in [-0.25, -0.2) is 8.42 Å². The fourth-order valence-corrected chi connectivity index (χ4v) is 4.66. The second kappa shape index (κ2) is 11.5. The van der Waals surface area contributed by atoms with Crippen LogP contribution < -0.4 is 14.8 Å². The third-order valence-electron chi connectivity index (χ3n) is 5.46. The van der Waals surface area contributed by atoms with E-state index in [0.29, 0.717) is 49.0 Å². The van der Waals surface area contributed by atoms with E-state index in [0.717, 1.165) is 18.7 Å². The van der Waals surface area contributed by atoms with Gasteiger partial charge in [-0.1, -0.05) is 18.2 Å². The monoisotopic (exact) mass is 476 g/mol. The number of sulfone groups is 1. The molecule has 0 aliphatic carbocycles. The molecule has 0 saturated carbocycles. The molecule has 1 aliphatic rings. The molecule has 1 heterocycles. The Kier molecular flexibility index (Phi) is 8.71. The largest absolute Gasteiger partial charge is 0.493 e. The Hall–Kier alpha value is -2.62. The van der Waals surface area contributed by atoms with Gasteiger partial charge in [0.15, 0.2) is 21.3 Å². The number of amides is 1. The molecule has 1 unspecified atom stereocenters. The molecule has 0 spiro atoms. The van der Waals surface area contributed by atoms with Crippen molar-refractivity contribution in [2.24, 2.45) is 0 Å². The first-order chi connectivity index (χ1) is 15.8. The highest BCUT2D eigenvalue weighted by molar-refractivity contribution is 7.89. The summed E-state index contributed by atoms with van der Waals surface area (Å²) < 4.78 is 39.6. The number of hydrogen-bond acceptors (Lipinski definition) is 7. The van der Waals surface area contributed by atoms with Crippen molar-refractivity contribution >= 4 is 15.7 Å². The lowest BCUT2D eigenvalue weighted by Gasteiger charge is -2.35. The highest BCUT2D eigenvalue weighted by Crippen LogP contribution is 2.32. The van der Waals surface area contributed by atoms with Gasteiger partial charge in [-0.15, -0.1) is 0 Å². The first-order valence-corrected chi connectivity index (χ1v) is 13.0. The summed E-state index contributed by atoms with van der Waals surface area (Å²) in [6.45, 7) is 5.67. The fourth-order valence-electron chi connectivity index (χ4n) is 3.86. The molecule has 9 heteroatoms. The first kappa shape index (κ1) is 25.0. The summed E-state index contributed by atoms with van der Waals surface area (Å²) in [5.74, 6) is 1.08. The summed E-state index contributed by atoms with van der Waals surface area (Å²) in [7, 11) is -1.51. The lowest BCUT2D eigenvalue weighted by Crippen LogP contribution is -2.43. The summed E-state index contributed by atoms with van der Waals surface area (Å²) in [6, 6.07) is 12.4. The maximum Gasteiger partial charge on any atom is 0.251 e. The second-order valence-corrected chi connectivity index (χ2v) is 10.1. The average Bonchev–Trinajstić information content (AvgIpc) is 2.80. The Labute approximate surface area is 195 Å². The molecule has 1 N–H and O–H groups in total. The van der Waals surface area contributed by atoms with Gasteiger partial charge >= 0.3 is 0 Å². The summed E-state index contributed by atoms with van der Waals surface area (Å²) in [5.41, 5.74) is 2.15. The second-order valence-electron chi connectivity index (χ2n) is 7.98. The highest BCUT2D eigenvalue weighted by atomic mass is 32.2.